The van der Waals surface area contributed by atoms with E-state index in [1.807, 2.05) is 66.3 Å². The van der Waals surface area contributed by atoms with Gasteiger partial charge in [-0.3, -0.25) is 14.4 Å². The molecule has 3 amide bonds. The predicted octanol–water partition coefficient (Wildman–Crippen LogP) is 4.04. The normalized spacial score (nSPS) is 19.4. The summed E-state index contributed by atoms with van der Waals surface area (Å²) in [4.78, 5) is 44.1. The van der Waals surface area contributed by atoms with Crippen LogP contribution < -0.4 is 10.1 Å². The number of rotatable bonds is 4. The van der Waals surface area contributed by atoms with Crippen LogP contribution in [-0.2, 0) is 23.1 Å². The van der Waals surface area contributed by atoms with E-state index >= 15 is 0 Å². The molecule has 10 nitrogen and oxygen atoms in total. The summed E-state index contributed by atoms with van der Waals surface area (Å²) in [5, 5.41) is 7.87. The van der Waals surface area contributed by atoms with Crippen LogP contribution in [0, 0.1) is 5.92 Å². The van der Waals surface area contributed by atoms with Crippen LogP contribution in [0.3, 0.4) is 0 Å². The van der Waals surface area contributed by atoms with Crippen molar-refractivity contribution in [2.45, 2.75) is 25.2 Å². The van der Waals surface area contributed by atoms with Crippen LogP contribution in [0.5, 0.6) is 5.75 Å². The van der Waals surface area contributed by atoms with Crippen molar-refractivity contribution in [2.24, 2.45) is 13.0 Å². The molecule has 0 saturated carbocycles. The monoisotopic (exact) mass is 603 g/mol. The maximum absolute atomic E-state index is 13.8. The summed E-state index contributed by atoms with van der Waals surface area (Å²) in [6, 6.07) is 17.2. The van der Waals surface area contributed by atoms with Gasteiger partial charge in [0.25, 0.3) is 5.91 Å². The third kappa shape index (κ3) is 6.24. The first-order chi connectivity index (χ1) is 20.9. The molecule has 6 rings (SSSR count). The maximum atomic E-state index is 13.8. The topological polar surface area (TPSA) is 110 Å². The lowest BCUT2D eigenvalue weighted by Crippen LogP contribution is -2.42. The largest absolute Gasteiger partial charge is 0.494 e. The molecule has 2 aromatic carbocycles. The summed E-state index contributed by atoms with van der Waals surface area (Å²) in [6.07, 6.45) is 3.12. The lowest BCUT2D eigenvalue weighted by molar-refractivity contribution is -0.132. The molecule has 0 aliphatic carbocycles. The van der Waals surface area contributed by atoms with Gasteiger partial charge in [-0.25, -0.2) is 0 Å². The van der Waals surface area contributed by atoms with Gasteiger partial charge in [0.1, 0.15) is 11.5 Å². The van der Waals surface area contributed by atoms with Crippen molar-refractivity contribution >= 4 is 40.2 Å². The molecule has 0 radical (unpaired) electrons. The van der Waals surface area contributed by atoms with E-state index in [-0.39, 0.29) is 35.2 Å². The standard InChI is InChI=1S/C32H34ClN5O5/c1-36-18-27(24-8-2-3-9-28(24)36)32(41)38-19-25-21-6-4-7-22(16-21)42-15-5-13-37(14-12-34-31(40)26(25)20-38)30(39)11-10-23-17-29(33)35-43-23/h2-4,6-9,16-18,25-26H,5,10-15,19-20H2,1H3,(H,34,40)/t25-,26+/m1/s1. The van der Waals surface area contributed by atoms with E-state index in [9.17, 15) is 14.4 Å². The van der Waals surface area contributed by atoms with E-state index in [2.05, 4.69) is 10.5 Å². The van der Waals surface area contributed by atoms with Crippen molar-refractivity contribution in [3.8, 4) is 5.75 Å². The van der Waals surface area contributed by atoms with Crippen molar-refractivity contribution < 1.29 is 23.6 Å². The quantitative estimate of drug-likeness (QED) is 0.377. The first kappa shape index (κ1) is 28.8. The summed E-state index contributed by atoms with van der Waals surface area (Å²) in [7, 11) is 1.93. The second-order valence-electron chi connectivity index (χ2n) is 11.2. The molecule has 43 heavy (non-hydrogen) atoms. The number of aromatic nitrogens is 2. The highest BCUT2D eigenvalue weighted by atomic mass is 35.5. The Bertz CT molecular complexity index is 1650. The number of carbonyl (C=O) groups is 3. The molecule has 2 aliphatic rings. The van der Waals surface area contributed by atoms with Gasteiger partial charge in [0, 0.05) is 81.7 Å². The number of hydrogen-bond donors (Lipinski definition) is 1. The van der Waals surface area contributed by atoms with Gasteiger partial charge in [-0.05, 0) is 30.2 Å². The summed E-state index contributed by atoms with van der Waals surface area (Å²) in [5.41, 5.74) is 2.57. The minimum absolute atomic E-state index is 0.0542. The summed E-state index contributed by atoms with van der Waals surface area (Å²) in [6.45, 7) is 2.32. The summed E-state index contributed by atoms with van der Waals surface area (Å²) < 4.78 is 13.1. The zero-order chi connectivity index (χ0) is 29.9. The number of hydrogen-bond acceptors (Lipinski definition) is 6. The van der Waals surface area contributed by atoms with Crippen molar-refractivity contribution in [1.82, 2.24) is 24.8 Å². The zero-order valence-electron chi connectivity index (χ0n) is 24.0. The summed E-state index contributed by atoms with van der Waals surface area (Å²) in [5.74, 6) is 0.327. The van der Waals surface area contributed by atoms with Crippen molar-refractivity contribution in [3.05, 3.63) is 82.8 Å². The first-order valence-electron chi connectivity index (χ1n) is 14.6. The van der Waals surface area contributed by atoms with E-state index in [0.29, 0.717) is 69.2 Å². The SMILES string of the molecule is Cn1cc(C(=O)N2C[C@@H]3C(=O)NCCN(C(=O)CCc4cc(Cl)no4)CCCOc4cccc(c4)[C@H]3C2)c2ccccc21. The van der Waals surface area contributed by atoms with Crippen LogP contribution in [0.15, 0.2) is 65.3 Å². The van der Waals surface area contributed by atoms with E-state index in [0.717, 1.165) is 16.5 Å². The Kier molecular flexibility index (Phi) is 8.38. The van der Waals surface area contributed by atoms with Crippen LogP contribution in [0.4, 0.5) is 0 Å². The lowest BCUT2D eigenvalue weighted by Gasteiger charge is -2.25. The van der Waals surface area contributed by atoms with Gasteiger partial charge in [0.05, 0.1) is 18.1 Å². The predicted molar refractivity (Wildman–Crippen MR) is 161 cm³/mol. The highest BCUT2D eigenvalue weighted by Gasteiger charge is 2.41. The van der Waals surface area contributed by atoms with Crippen molar-refractivity contribution in [3.63, 3.8) is 0 Å². The molecule has 2 aromatic heterocycles. The molecule has 2 aliphatic heterocycles. The molecule has 2 atom stereocenters. The molecule has 2 bridgehead atoms. The molecule has 1 saturated heterocycles. The fourth-order valence-corrected chi connectivity index (χ4v) is 6.29. The number of aryl methyl sites for hydroxylation is 2. The number of fused-ring (bicyclic) bond motifs is 5. The van der Waals surface area contributed by atoms with Crippen LogP contribution >= 0.6 is 11.6 Å². The van der Waals surface area contributed by atoms with E-state index < -0.39 is 5.92 Å². The summed E-state index contributed by atoms with van der Waals surface area (Å²) >= 11 is 5.83. The van der Waals surface area contributed by atoms with Gasteiger partial charge in [0.2, 0.25) is 11.8 Å². The van der Waals surface area contributed by atoms with Crippen LogP contribution in [0.25, 0.3) is 10.9 Å². The Morgan fingerprint density at radius 3 is 2.72 bits per heavy atom. The van der Waals surface area contributed by atoms with Gasteiger partial charge in [-0.1, -0.05) is 47.1 Å². The average molecular weight is 604 g/mol. The Labute approximate surface area is 254 Å². The molecule has 4 aromatic rings. The second-order valence-corrected chi connectivity index (χ2v) is 11.5. The Morgan fingerprint density at radius 1 is 1.05 bits per heavy atom. The number of ether oxygens (including phenoxy) is 1. The molecule has 4 heterocycles. The molecule has 0 unspecified atom stereocenters. The average Bonchev–Trinajstić information content (AvgIpc) is 3.74. The number of halogens is 1. The van der Waals surface area contributed by atoms with Gasteiger partial charge in [0.15, 0.2) is 5.15 Å². The number of benzene rings is 2. The second kappa shape index (κ2) is 12.5. The Hall–Kier alpha value is -4.31. The fourth-order valence-electron chi connectivity index (χ4n) is 6.14. The van der Waals surface area contributed by atoms with Gasteiger partial charge >= 0.3 is 0 Å². The molecule has 1 fully saturated rings. The smallest absolute Gasteiger partial charge is 0.256 e. The highest BCUT2D eigenvalue weighted by Crippen LogP contribution is 2.36. The number of nitrogens with zero attached hydrogens (tertiary/aromatic N) is 4. The minimum atomic E-state index is -0.447. The van der Waals surface area contributed by atoms with E-state index in [1.165, 1.54) is 0 Å². The van der Waals surface area contributed by atoms with Crippen LogP contribution in [-0.4, -0.2) is 76.6 Å². The molecule has 11 heteroatoms. The van der Waals surface area contributed by atoms with E-state index in [1.54, 1.807) is 15.9 Å². The van der Waals surface area contributed by atoms with Crippen LogP contribution in [0.2, 0.25) is 5.15 Å². The maximum Gasteiger partial charge on any atom is 0.256 e. The van der Waals surface area contributed by atoms with Crippen molar-refractivity contribution in [1.29, 1.82) is 0 Å². The molecule has 1 N–H and O–H groups in total. The minimum Gasteiger partial charge on any atom is -0.494 e. The van der Waals surface area contributed by atoms with Gasteiger partial charge in [-0.15, -0.1) is 0 Å². The third-order valence-electron chi connectivity index (χ3n) is 8.35. The number of likely N-dealkylation sites (tertiary alicyclic amines) is 1. The van der Waals surface area contributed by atoms with Crippen LogP contribution in [0.1, 0.15) is 40.4 Å². The first-order valence-corrected chi connectivity index (χ1v) is 15.0. The Morgan fingerprint density at radius 2 is 1.88 bits per heavy atom. The fraction of sp³-hybridized carbons (Fsp3) is 0.375. The van der Waals surface area contributed by atoms with Gasteiger partial charge < -0.3 is 28.9 Å². The molecular formula is C32H34ClN5O5. The molecule has 0 spiro atoms. The van der Waals surface area contributed by atoms with Crippen molar-refractivity contribution in [2.75, 3.05) is 39.3 Å². The van der Waals surface area contributed by atoms with Gasteiger partial charge in [-0.2, -0.15) is 0 Å². The molecular weight excluding hydrogens is 570 g/mol. The Balaban J connectivity index is 1.20. The highest BCUT2D eigenvalue weighted by molar-refractivity contribution is 6.29. The number of nitrogens with one attached hydrogen (secondary N) is 1. The third-order valence-corrected chi connectivity index (χ3v) is 8.53. The molecule has 224 valence electrons. The number of carbonyl (C=O) groups excluding carboxylic acids is 3. The number of para-hydroxylation sites is 1. The van der Waals surface area contributed by atoms with E-state index in [4.69, 9.17) is 20.9 Å². The number of amides is 3. The lowest BCUT2D eigenvalue weighted by atomic mass is 9.88. The zero-order valence-corrected chi connectivity index (χ0v) is 24.8.